The molecule has 4 heterocycles. The number of likely N-dealkylation sites (tertiary alicyclic amines) is 1. The lowest BCUT2D eigenvalue weighted by Crippen LogP contribution is -2.51. The fourth-order valence-electron chi connectivity index (χ4n) is 4.45. The molecule has 0 unspecified atom stereocenters. The molecule has 2 atom stereocenters. The van der Waals surface area contributed by atoms with E-state index in [2.05, 4.69) is 29.0 Å². The van der Waals surface area contributed by atoms with Gasteiger partial charge in [0.2, 0.25) is 0 Å². The first kappa shape index (κ1) is 16.0. The van der Waals surface area contributed by atoms with Gasteiger partial charge in [0.15, 0.2) is 11.8 Å². The number of hydrogen-bond acceptors (Lipinski definition) is 6. The molecule has 2 saturated heterocycles. The highest BCUT2D eigenvalue weighted by molar-refractivity contribution is 5.84. The summed E-state index contributed by atoms with van der Waals surface area (Å²) >= 11 is 0. The van der Waals surface area contributed by atoms with Crippen LogP contribution in [-0.2, 0) is 14.3 Å². The number of ether oxygens (including phenoxy) is 2. The zero-order chi connectivity index (χ0) is 17.7. The molecule has 1 amide bonds. The molecule has 0 radical (unpaired) electrons. The molecule has 4 aliphatic heterocycles. The zero-order valence-corrected chi connectivity index (χ0v) is 14.6. The van der Waals surface area contributed by atoms with Gasteiger partial charge in [0.25, 0.3) is 5.91 Å². The van der Waals surface area contributed by atoms with Gasteiger partial charge in [-0.2, -0.15) is 5.11 Å². The molecule has 1 aromatic carbocycles. The first-order valence-electron chi connectivity index (χ1n) is 9.18. The van der Waals surface area contributed by atoms with Crippen LogP contribution in [-0.4, -0.2) is 60.5 Å². The molecule has 7 nitrogen and oxygen atoms in total. The van der Waals surface area contributed by atoms with Gasteiger partial charge in [-0.3, -0.25) is 9.80 Å². The molecule has 4 aliphatic rings. The van der Waals surface area contributed by atoms with E-state index >= 15 is 0 Å². The Morgan fingerprint density at radius 3 is 2.69 bits per heavy atom. The summed E-state index contributed by atoms with van der Waals surface area (Å²) in [6.07, 6.45) is 1.43. The maximum atomic E-state index is 13.2. The van der Waals surface area contributed by atoms with E-state index in [1.807, 2.05) is 22.0 Å². The van der Waals surface area contributed by atoms with Crippen molar-refractivity contribution in [2.75, 3.05) is 32.8 Å². The number of amides is 1. The van der Waals surface area contributed by atoms with Crippen molar-refractivity contribution in [1.29, 1.82) is 0 Å². The standard InChI is InChI=1S/C19H22N4O3/c1-13-12-23-17(15-5-3-2-4-14(13)15)16(20-21-23)18(24)22-8-6-19(7-9-22)25-10-11-26-19/h2-5,16-17H,1,6-12H2/t16-,17+/m1/s1. The smallest absolute Gasteiger partial charge is 0.251 e. The summed E-state index contributed by atoms with van der Waals surface area (Å²) in [6.45, 7) is 7.31. The van der Waals surface area contributed by atoms with Crippen LogP contribution in [0.4, 0.5) is 0 Å². The second kappa shape index (κ2) is 5.89. The van der Waals surface area contributed by atoms with Crippen molar-refractivity contribution in [1.82, 2.24) is 9.91 Å². The van der Waals surface area contributed by atoms with Crippen molar-refractivity contribution >= 4 is 11.5 Å². The Morgan fingerprint density at radius 2 is 1.92 bits per heavy atom. The van der Waals surface area contributed by atoms with Crippen LogP contribution in [0.15, 0.2) is 41.2 Å². The van der Waals surface area contributed by atoms with Crippen LogP contribution in [0.2, 0.25) is 0 Å². The van der Waals surface area contributed by atoms with Crippen LogP contribution < -0.4 is 0 Å². The monoisotopic (exact) mass is 354 g/mol. The average molecular weight is 354 g/mol. The molecule has 1 aromatic rings. The van der Waals surface area contributed by atoms with Gasteiger partial charge < -0.3 is 14.4 Å². The molecular weight excluding hydrogens is 332 g/mol. The van der Waals surface area contributed by atoms with Crippen molar-refractivity contribution in [3.05, 3.63) is 42.0 Å². The Labute approximate surface area is 152 Å². The van der Waals surface area contributed by atoms with Gasteiger partial charge in [-0.1, -0.05) is 36.1 Å². The highest BCUT2D eigenvalue weighted by atomic mass is 16.7. The van der Waals surface area contributed by atoms with Crippen LogP contribution in [0.3, 0.4) is 0 Å². The molecule has 26 heavy (non-hydrogen) atoms. The van der Waals surface area contributed by atoms with Crippen molar-refractivity contribution < 1.29 is 14.3 Å². The van der Waals surface area contributed by atoms with Crippen molar-refractivity contribution in [3.63, 3.8) is 0 Å². The van der Waals surface area contributed by atoms with E-state index in [4.69, 9.17) is 9.47 Å². The lowest BCUT2D eigenvalue weighted by atomic mass is 9.87. The van der Waals surface area contributed by atoms with E-state index in [-0.39, 0.29) is 11.9 Å². The number of carbonyl (C=O) groups excluding carboxylic acids is 1. The predicted octanol–water partition coefficient (Wildman–Crippen LogP) is 2.17. The third-order valence-corrected chi connectivity index (χ3v) is 5.83. The van der Waals surface area contributed by atoms with Crippen LogP contribution in [0.5, 0.6) is 0 Å². The minimum atomic E-state index is -0.497. The maximum absolute atomic E-state index is 13.2. The first-order chi connectivity index (χ1) is 12.7. The van der Waals surface area contributed by atoms with Crippen molar-refractivity contribution in [2.24, 2.45) is 10.3 Å². The molecule has 2 fully saturated rings. The van der Waals surface area contributed by atoms with Crippen LogP contribution in [0.25, 0.3) is 5.57 Å². The highest BCUT2D eigenvalue weighted by Gasteiger charge is 2.47. The van der Waals surface area contributed by atoms with E-state index in [9.17, 15) is 4.79 Å². The largest absolute Gasteiger partial charge is 0.347 e. The Morgan fingerprint density at radius 1 is 1.19 bits per heavy atom. The molecule has 0 aromatic heterocycles. The summed E-state index contributed by atoms with van der Waals surface area (Å²) < 4.78 is 11.5. The van der Waals surface area contributed by atoms with Gasteiger partial charge in [-0.25, -0.2) is 0 Å². The molecule has 0 saturated carbocycles. The minimum absolute atomic E-state index is 0.0383. The van der Waals surface area contributed by atoms with Gasteiger partial charge >= 0.3 is 0 Å². The van der Waals surface area contributed by atoms with E-state index in [1.54, 1.807) is 0 Å². The Bertz CT molecular complexity index is 777. The third kappa shape index (κ3) is 2.38. The number of piperidine rings is 1. The van der Waals surface area contributed by atoms with Crippen molar-refractivity contribution in [3.8, 4) is 0 Å². The second-order valence-corrected chi connectivity index (χ2v) is 7.32. The summed E-state index contributed by atoms with van der Waals surface area (Å²) in [5.74, 6) is -0.439. The Hall–Kier alpha value is -2.25. The normalized spacial score (nSPS) is 29.2. The average Bonchev–Trinajstić information content (AvgIpc) is 3.29. The molecule has 0 aliphatic carbocycles. The van der Waals surface area contributed by atoms with Crippen LogP contribution >= 0.6 is 0 Å². The number of benzene rings is 1. The van der Waals surface area contributed by atoms with Gasteiger partial charge in [0.1, 0.15) is 6.04 Å². The lowest BCUT2D eigenvalue weighted by molar-refractivity contribution is -0.187. The highest BCUT2D eigenvalue weighted by Crippen LogP contribution is 2.42. The molecular formula is C19H22N4O3. The van der Waals surface area contributed by atoms with E-state index < -0.39 is 11.8 Å². The summed E-state index contributed by atoms with van der Waals surface area (Å²) in [5, 5.41) is 10.5. The Balaban J connectivity index is 1.36. The van der Waals surface area contributed by atoms with Crippen molar-refractivity contribution in [2.45, 2.75) is 30.7 Å². The predicted molar refractivity (Wildman–Crippen MR) is 94.0 cm³/mol. The number of hydrogen-bond donors (Lipinski definition) is 0. The molecule has 1 spiro atoms. The minimum Gasteiger partial charge on any atom is -0.347 e. The van der Waals surface area contributed by atoms with Crippen LogP contribution in [0, 0.1) is 0 Å². The quantitative estimate of drug-likeness (QED) is 0.775. The maximum Gasteiger partial charge on any atom is 0.251 e. The summed E-state index contributed by atoms with van der Waals surface area (Å²) in [6, 6.07) is 7.48. The molecule has 5 rings (SSSR count). The second-order valence-electron chi connectivity index (χ2n) is 7.32. The van der Waals surface area contributed by atoms with E-state index in [0.29, 0.717) is 45.7 Å². The van der Waals surface area contributed by atoms with E-state index in [1.165, 1.54) is 0 Å². The van der Waals surface area contributed by atoms with Gasteiger partial charge in [-0.15, -0.1) is 0 Å². The first-order valence-corrected chi connectivity index (χ1v) is 9.18. The third-order valence-electron chi connectivity index (χ3n) is 5.83. The molecule has 136 valence electrons. The molecule has 0 bridgehead atoms. The number of rotatable bonds is 1. The molecule has 7 heteroatoms. The van der Waals surface area contributed by atoms with Gasteiger partial charge in [0.05, 0.1) is 19.8 Å². The Kier molecular flexibility index (Phi) is 3.62. The number of carbonyl (C=O) groups is 1. The summed E-state index contributed by atoms with van der Waals surface area (Å²) in [7, 11) is 0. The van der Waals surface area contributed by atoms with Gasteiger partial charge in [0, 0.05) is 25.9 Å². The lowest BCUT2D eigenvalue weighted by Gasteiger charge is -2.39. The SMILES string of the molecule is C=C1CN2N=N[C@@H](C(=O)N3CCC4(CC3)OCCO4)[C@@H]2c2ccccc21. The summed E-state index contributed by atoms with van der Waals surface area (Å²) in [5.41, 5.74) is 3.21. The zero-order valence-electron chi connectivity index (χ0n) is 14.6. The number of nitrogens with zero attached hydrogens (tertiary/aromatic N) is 4. The fraction of sp³-hybridized carbons (Fsp3) is 0.526. The molecule has 0 N–H and O–H groups in total. The van der Waals surface area contributed by atoms with Crippen LogP contribution in [0.1, 0.15) is 30.0 Å². The summed E-state index contributed by atoms with van der Waals surface area (Å²) in [4.78, 5) is 15.1. The number of fused-ring (bicyclic) bond motifs is 3. The topological polar surface area (TPSA) is 66.7 Å². The van der Waals surface area contributed by atoms with Gasteiger partial charge in [-0.05, 0) is 16.7 Å². The fourth-order valence-corrected chi connectivity index (χ4v) is 4.45. The van der Waals surface area contributed by atoms with E-state index in [0.717, 1.165) is 16.7 Å².